The van der Waals surface area contributed by atoms with E-state index in [1.807, 2.05) is 37.4 Å². The molecular weight excluding hydrogens is 286 g/mol. The van der Waals surface area contributed by atoms with Crippen molar-refractivity contribution in [1.29, 1.82) is 0 Å². The zero-order valence-corrected chi connectivity index (χ0v) is 12.6. The Morgan fingerprint density at radius 1 is 1.24 bits per heavy atom. The smallest absolute Gasteiger partial charge is 0.241 e. The lowest BCUT2D eigenvalue weighted by Gasteiger charge is -2.11. The zero-order chi connectivity index (χ0) is 14.8. The van der Waals surface area contributed by atoms with Crippen LogP contribution in [0, 0.1) is 6.92 Å². The van der Waals surface area contributed by atoms with E-state index in [2.05, 4.69) is 20.4 Å². The highest BCUT2D eigenvalue weighted by Gasteiger charge is 2.13. The summed E-state index contributed by atoms with van der Waals surface area (Å²) in [5.41, 5.74) is 4.33. The summed E-state index contributed by atoms with van der Waals surface area (Å²) in [6.45, 7) is 4.00. The van der Waals surface area contributed by atoms with Gasteiger partial charge in [0.25, 0.3) is 0 Å². The number of nitrogens with one attached hydrogen (secondary N) is 1. The Balaban J connectivity index is 2.07. The highest BCUT2D eigenvalue weighted by molar-refractivity contribution is 7.16. The fraction of sp³-hybridized carbons (Fsp3) is 0.214. The van der Waals surface area contributed by atoms with Crippen molar-refractivity contribution in [2.45, 2.75) is 20.3 Å². The molecule has 0 bridgehead atoms. The number of hydrogen-bond donors (Lipinski definition) is 2. The number of fused-ring (bicyclic) bond motifs is 1. The van der Waals surface area contributed by atoms with Gasteiger partial charge in [0.2, 0.25) is 11.8 Å². The van der Waals surface area contributed by atoms with E-state index in [0.717, 1.165) is 28.0 Å². The van der Waals surface area contributed by atoms with E-state index in [4.69, 9.17) is 10.6 Å². The van der Waals surface area contributed by atoms with Gasteiger partial charge in [-0.15, -0.1) is 11.3 Å². The van der Waals surface area contributed by atoms with Crippen LogP contribution < -0.4 is 16.0 Å². The lowest BCUT2D eigenvalue weighted by Crippen LogP contribution is -2.10. The second-order valence-corrected chi connectivity index (χ2v) is 5.38. The van der Waals surface area contributed by atoms with Crippen LogP contribution in [0.3, 0.4) is 0 Å². The second kappa shape index (κ2) is 5.63. The van der Waals surface area contributed by atoms with Crippen molar-refractivity contribution in [3.05, 3.63) is 35.0 Å². The van der Waals surface area contributed by atoms with Gasteiger partial charge in [-0.3, -0.25) is 10.4 Å². The first-order valence-corrected chi connectivity index (χ1v) is 7.45. The number of ether oxygens (including phenoxy) is 1. The number of aryl methyl sites for hydroxylation is 2. The number of thiophene rings is 1. The Morgan fingerprint density at radius 3 is 2.86 bits per heavy atom. The Morgan fingerprint density at radius 2 is 2.10 bits per heavy atom. The summed E-state index contributed by atoms with van der Waals surface area (Å²) in [6, 6.07) is 5.77. The highest BCUT2D eigenvalue weighted by Crippen LogP contribution is 2.32. The van der Waals surface area contributed by atoms with Crippen LogP contribution in [0.5, 0.6) is 11.6 Å². The predicted octanol–water partition coefficient (Wildman–Crippen LogP) is 3.04. The molecular formula is C14H15N5OS. The van der Waals surface area contributed by atoms with Gasteiger partial charge in [-0.1, -0.05) is 6.92 Å². The minimum absolute atomic E-state index is 0.332. The Kier molecular flexibility index (Phi) is 3.68. The van der Waals surface area contributed by atoms with E-state index in [1.165, 1.54) is 11.3 Å². The molecule has 0 aliphatic carbocycles. The third-order valence-corrected chi connectivity index (χ3v) is 3.84. The molecule has 7 heteroatoms. The maximum Gasteiger partial charge on any atom is 0.241 e. The van der Waals surface area contributed by atoms with Gasteiger partial charge < -0.3 is 4.74 Å². The Hall–Kier alpha value is -2.25. The number of hydrazine groups is 1. The minimum atomic E-state index is 0.332. The first kappa shape index (κ1) is 13.7. The number of aromatic nitrogens is 3. The SMILES string of the molecule is CCc1nc(C)ccc1Oc1nc(NN)nc2sccc12. The lowest BCUT2D eigenvalue weighted by atomic mass is 10.2. The van der Waals surface area contributed by atoms with E-state index in [-0.39, 0.29) is 0 Å². The molecule has 0 amide bonds. The molecule has 0 saturated heterocycles. The molecule has 3 aromatic rings. The standard InChI is InChI=1S/C14H15N5OS/c1-3-10-11(5-4-8(2)16-10)20-12-9-6-7-21-13(9)18-14(17-12)19-15/h4-7H,3,15H2,1-2H3,(H,17,18,19). The average Bonchev–Trinajstić information content (AvgIpc) is 2.97. The fourth-order valence-corrected chi connectivity index (χ4v) is 2.77. The molecule has 0 radical (unpaired) electrons. The van der Waals surface area contributed by atoms with E-state index in [0.29, 0.717) is 17.6 Å². The molecule has 0 fully saturated rings. The number of anilines is 1. The molecule has 0 atom stereocenters. The normalized spacial score (nSPS) is 10.8. The second-order valence-electron chi connectivity index (χ2n) is 4.49. The van der Waals surface area contributed by atoms with Crippen molar-refractivity contribution in [2.24, 2.45) is 5.84 Å². The summed E-state index contributed by atoms with van der Waals surface area (Å²) in [5, 5.41) is 2.81. The number of nitrogens with zero attached hydrogens (tertiary/aromatic N) is 3. The van der Waals surface area contributed by atoms with E-state index >= 15 is 0 Å². The van der Waals surface area contributed by atoms with Crippen LogP contribution in [0.4, 0.5) is 5.95 Å². The predicted molar refractivity (Wildman–Crippen MR) is 83.7 cm³/mol. The van der Waals surface area contributed by atoms with Crippen molar-refractivity contribution in [1.82, 2.24) is 15.0 Å². The molecule has 3 aromatic heterocycles. The molecule has 108 valence electrons. The first-order valence-electron chi connectivity index (χ1n) is 6.57. The molecule has 3 N–H and O–H groups in total. The van der Waals surface area contributed by atoms with E-state index in [9.17, 15) is 0 Å². The highest BCUT2D eigenvalue weighted by atomic mass is 32.1. The van der Waals surface area contributed by atoms with Gasteiger partial charge in [0.05, 0.1) is 11.1 Å². The fourth-order valence-electron chi connectivity index (χ4n) is 2.02. The van der Waals surface area contributed by atoms with Crippen molar-refractivity contribution in [3.8, 4) is 11.6 Å². The minimum Gasteiger partial charge on any atom is -0.436 e. The van der Waals surface area contributed by atoms with Gasteiger partial charge in [-0.25, -0.2) is 10.8 Å². The molecule has 3 rings (SSSR count). The van der Waals surface area contributed by atoms with Crippen molar-refractivity contribution >= 4 is 27.5 Å². The van der Waals surface area contributed by atoms with Crippen LogP contribution in [0.2, 0.25) is 0 Å². The molecule has 0 aromatic carbocycles. The lowest BCUT2D eigenvalue weighted by molar-refractivity contribution is 0.460. The summed E-state index contributed by atoms with van der Waals surface area (Å²) >= 11 is 1.51. The van der Waals surface area contributed by atoms with Gasteiger partial charge in [0, 0.05) is 5.69 Å². The molecule has 0 aliphatic heterocycles. The first-order chi connectivity index (χ1) is 10.2. The third-order valence-electron chi connectivity index (χ3n) is 3.03. The number of hydrogen-bond acceptors (Lipinski definition) is 7. The van der Waals surface area contributed by atoms with Crippen molar-refractivity contribution in [2.75, 3.05) is 5.43 Å². The summed E-state index contributed by atoms with van der Waals surface area (Å²) in [7, 11) is 0. The molecule has 0 unspecified atom stereocenters. The number of rotatable bonds is 4. The van der Waals surface area contributed by atoms with Gasteiger partial charge in [0.1, 0.15) is 4.83 Å². The molecule has 6 nitrogen and oxygen atoms in total. The van der Waals surface area contributed by atoms with Crippen molar-refractivity contribution < 1.29 is 4.74 Å². The summed E-state index contributed by atoms with van der Waals surface area (Å²) in [4.78, 5) is 13.9. The molecule has 0 aliphatic rings. The maximum atomic E-state index is 5.97. The van der Waals surface area contributed by atoms with E-state index < -0.39 is 0 Å². The Bertz CT molecular complexity index is 786. The third kappa shape index (κ3) is 2.65. The van der Waals surface area contributed by atoms with Crippen molar-refractivity contribution in [3.63, 3.8) is 0 Å². The topological polar surface area (TPSA) is 86.0 Å². The zero-order valence-electron chi connectivity index (χ0n) is 11.8. The van der Waals surface area contributed by atoms with Gasteiger partial charge in [0.15, 0.2) is 5.75 Å². The molecule has 3 heterocycles. The maximum absolute atomic E-state index is 5.97. The summed E-state index contributed by atoms with van der Waals surface area (Å²) < 4.78 is 5.97. The largest absolute Gasteiger partial charge is 0.436 e. The van der Waals surface area contributed by atoms with Gasteiger partial charge in [-0.2, -0.15) is 4.98 Å². The van der Waals surface area contributed by atoms with Crippen LogP contribution in [-0.2, 0) is 6.42 Å². The van der Waals surface area contributed by atoms with Crippen LogP contribution in [-0.4, -0.2) is 15.0 Å². The van der Waals surface area contributed by atoms with Crippen LogP contribution >= 0.6 is 11.3 Å². The monoisotopic (exact) mass is 301 g/mol. The summed E-state index contributed by atoms with van der Waals surface area (Å²) in [5.74, 6) is 6.93. The molecule has 21 heavy (non-hydrogen) atoms. The Labute approximate surface area is 126 Å². The molecule has 0 spiro atoms. The quantitative estimate of drug-likeness (QED) is 0.569. The number of pyridine rings is 1. The van der Waals surface area contributed by atoms with E-state index in [1.54, 1.807) is 0 Å². The molecule has 0 saturated carbocycles. The number of nitrogen functional groups attached to an aromatic ring is 1. The van der Waals surface area contributed by atoms with Gasteiger partial charge in [-0.05, 0) is 36.9 Å². The number of nitrogens with two attached hydrogens (primary N) is 1. The summed E-state index contributed by atoms with van der Waals surface area (Å²) in [6.07, 6.45) is 0.789. The average molecular weight is 301 g/mol. The van der Waals surface area contributed by atoms with Crippen LogP contribution in [0.25, 0.3) is 10.2 Å². The van der Waals surface area contributed by atoms with Crippen LogP contribution in [0.1, 0.15) is 18.3 Å². The van der Waals surface area contributed by atoms with Crippen LogP contribution in [0.15, 0.2) is 23.6 Å². The van der Waals surface area contributed by atoms with Gasteiger partial charge >= 0.3 is 0 Å².